The second-order valence-electron chi connectivity index (χ2n) is 4.36. The standard InChI is InChI=1S/C11H20N2O3/c1-8-4-3-6-13(10(8)11(15)16)7-5-9(14)12-2/h8,10H,3-7H2,1-2H3,(H,12,14)(H,15,16). The number of rotatable bonds is 4. The highest BCUT2D eigenvalue weighted by molar-refractivity contribution is 5.76. The van der Waals surface area contributed by atoms with Crippen molar-refractivity contribution >= 4 is 11.9 Å². The molecule has 1 aliphatic heterocycles. The fourth-order valence-electron chi connectivity index (χ4n) is 2.29. The van der Waals surface area contributed by atoms with Crippen LogP contribution in [0.3, 0.4) is 0 Å². The smallest absolute Gasteiger partial charge is 0.321 e. The molecule has 92 valence electrons. The van der Waals surface area contributed by atoms with Gasteiger partial charge in [0, 0.05) is 20.0 Å². The predicted molar refractivity (Wildman–Crippen MR) is 60.1 cm³/mol. The topological polar surface area (TPSA) is 69.6 Å². The molecule has 16 heavy (non-hydrogen) atoms. The molecule has 0 aromatic rings. The molecular formula is C11H20N2O3. The lowest BCUT2D eigenvalue weighted by Crippen LogP contribution is -2.50. The molecule has 2 atom stereocenters. The highest BCUT2D eigenvalue weighted by Gasteiger charge is 2.33. The van der Waals surface area contributed by atoms with Crippen LogP contribution in [0.15, 0.2) is 0 Å². The Morgan fingerprint density at radius 3 is 2.75 bits per heavy atom. The van der Waals surface area contributed by atoms with Crippen molar-refractivity contribution in [1.82, 2.24) is 10.2 Å². The molecule has 1 heterocycles. The van der Waals surface area contributed by atoms with Gasteiger partial charge in [0.2, 0.25) is 5.91 Å². The Balaban J connectivity index is 2.54. The first-order valence-corrected chi connectivity index (χ1v) is 5.73. The molecule has 1 amide bonds. The van der Waals surface area contributed by atoms with E-state index in [1.807, 2.05) is 11.8 Å². The minimum absolute atomic E-state index is 0.0395. The molecule has 1 aliphatic rings. The lowest BCUT2D eigenvalue weighted by molar-refractivity contribution is -0.147. The van der Waals surface area contributed by atoms with Gasteiger partial charge in [-0.2, -0.15) is 0 Å². The molecule has 0 saturated carbocycles. The number of carboxylic acids is 1. The van der Waals surface area contributed by atoms with Crippen LogP contribution in [0.4, 0.5) is 0 Å². The van der Waals surface area contributed by atoms with Crippen LogP contribution >= 0.6 is 0 Å². The van der Waals surface area contributed by atoms with Crippen LogP contribution in [0.25, 0.3) is 0 Å². The van der Waals surface area contributed by atoms with E-state index >= 15 is 0 Å². The van der Waals surface area contributed by atoms with Gasteiger partial charge in [0.05, 0.1) is 0 Å². The summed E-state index contributed by atoms with van der Waals surface area (Å²) in [6, 6.07) is -0.432. The van der Waals surface area contributed by atoms with Gasteiger partial charge < -0.3 is 10.4 Å². The average molecular weight is 228 g/mol. The number of nitrogens with one attached hydrogen (secondary N) is 1. The molecule has 0 aromatic carbocycles. The first-order chi connectivity index (χ1) is 7.56. The first-order valence-electron chi connectivity index (χ1n) is 5.73. The molecule has 2 unspecified atom stereocenters. The van der Waals surface area contributed by atoms with Crippen LogP contribution in [0, 0.1) is 5.92 Å². The third-order valence-electron chi connectivity index (χ3n) is 3.20. The Bertz CT molecular complexity index is 268. The van der Waals surface area contributed by atoms with Gasteiger partial charge in [-0.25, -0.2) is 0 Å². The van der Waals surface area contributed by atoms with Crippen LogP contribution in [0.1, 0.15) is 26.2 Å². The van der Waals surface area contributed by atoms with Gasteiger partial charge in [0.15, 0.2) is 0 Å². The predicted octanol–water partition coefficient (Wildman–Crippen LogP) is 0.308. The highest BCUT2D eigenvalue weighted by Crippen LogP contribution is 2.23. The van der Waals surface area contributed by atoms with Gasteiger partial charge in [0.1, 0.15) is 6.04 Å². The van der Waals surface area contributed by atoms with E-state index in [2.05, 4.69) is 5.32 Å². The number of carbonyl (C=O) groups excluding carboxylic acids is 1. The Kier molecular flexibility index (Phi) is 4.73. The fraction of sp³-hybridized carbons (Fsp3) is 0.818. The summed E-state index contributed by atoms with van der Waals surface area (Å²) in [5.74, 6) is -0.651. The SMILES string of the molecule is CNC(=O)CCN1CCCC(C)C1C(=O)O. The molecule has 0 aromatic heterocycles. The van der Waals surface area contributed by atoms with Crippen LogP contribution in [-0.2, 0) is 9.59 Å². The van der Waals surface area contributed by atoms with Crippen molar-refractivity contribution in [2.24, 2.45) is 5.92 Å². The number of carbonyl (C=O) groups is 2. The highest BCUT2D eigenvalue weighted by atomic mass is 16.4. The summed E-state index contributed by atoms with van der Waals surface area (Å²) in [5.41, 5.74) is 0. The first kappa shape index (κ1) is 13.0. The van der Waals surface area contributed by atoms with Crippen molar-refractivity contribution in [2.45, 2.75) is 32.2 Å². The lowest BCUT2D eigenvalue weighted by atomic mass is 9.90. The second kappa shape index (κ2) is 5.84. The second-order valence-corrected chi connectivity index (χ2v) is 4.36. The van der Waals surface area contributed by atoms with E-state index < -0.39 is 12.0 Å². The number of amides is 1. The van der Waals surface area contributed by atoms with Crippen LogP contribution in [-0.4, -0.2) is 48.1 Å². The van der Waals surface area contributed by atoms with E-state index in [9.17, 15) is 9.59 Å². The van der Waals surface area contributed by atoms with Crippen molar-refractivity contribution < 1.29 is 14.7 Å². The number of hydrogen-bond acceptors (Lipinski definition) is 3. The van der Waals surface area contributed by atoms with Crippen molar-refractivity contribution in [2.75, 3.05) is 20.1 Å². The maximum Gasteiger partial charge on any atom is 0.321 e. The van der Waals surface area contributed by atoms with E-state index in [-0.39, 0.29) is 11.8 Å². The Hall–Kier alpha value is -1.10. The molecule has 1 fully saturated rings. The van der Waals surface area contributed by atoms with Crippen LogP contribution in [0.5, 0.6) is 0 Å². The molecule has 1 rings (SSSR count). The third-order valence-corrected chi connectivity index (χ3v) is 3.20. The van der Waals surface area contributed by atoms with Gasteiger partial charge in [-0.15, -0.1) is 0 Å². The number of likely N-dealkylation sites (tertiary alicyclic amines) is 1. The molecule has 5 nitrogen and oxygen atoms in total. The molecule has 0 bridgehead atoms. The largest absolute Gasteiger partial charge is 0.480 e. The summed E-state index contributed by atoms with van der Waals surface area (Å²) in [5, 5.41) is 11.7. The van der Waals surface area contributed by atoms with E-state index in [1.165, 1.54) is 0 Å². The number of carboxylic acid groups (broad SMARTS) is 1. The molecular weight excluding hydrogens is 208 g/mol. The minimum atomic E-state index is -0.774. The molecule has 1 saturated heterocycles. The van der Waals surface area contributed by atoms with Crippen molar-refractivity contribution in [3.63, 3.8) is 0 Å². The normalized spacial score (nSPS) is 26.4. The number of hydrogen-bond donors (Lipinski definition) is 2. The Labute approximate surface area is 95.8 Å². The number of aliphatic carboxylic acids is 1. The third kappa shape index (κ3) is 3.20. The molecule has 5 heteroatoms. The van der Waals surface area contributed by atoms with Crippen molar-refractivity contribution in [1.29, 1.82) is 0 Å². The zero-order chi connectivity index (χ0) is 12.1. The summed E-state index contributed by atoms with van der Waals surface area (Å²) in [4.78, 5) is 24.2. The summed E-state index contributed by atoms with van der Waals surface area (Å²) in [7, 11) is 1.59. The van der Waals surface area contributed by atoms with Crippen LogP contribution in [0.2, 0.25) is 0 Å². The zero-order valence-corrected chi connectivity index (χ0v) is 9.90. The number of nitrogens with zero attached hydrogens (tertiary/aromatic N) is 1. The molecule has 0 radical (unpaired) electrons. The fourth-order valence-corrected chi connectivity index (χ4v) is 2.29. The molecule has 0 aliphatic carbocycles. The minimum Gasteiger partial charge on any atom is -0.480 e. The summed E-state index contributed by atoms with van der Waals surface area (Å²) in [6.07, 6.45) is 2.33. The monoisotopic (exact) mass is 228 g/mol. The summed E-state index contributed by atoms with van der Waals surface area (Å²) < 4.78 is 0. The van der Waals surface area contributed by atoms with E-state index in [1.54, 1.807) is 7.05 Å². The maximum atomic E-state index is 11.1. The van der Waals surface area contributed by atoms with Gasteiger partial charge in [-0.3, -0.25) is 14.5 Å². The molecule has 0 spiro atoms. The Morgan fingerprint density at radius 2 is 2.19 bits per heavy atom. The zero-order valence-electron chi connectivity index (χ0n) is 9.90. The number of piperidine rings is 1. The Morgan fingerprint density at radius 1 is 1.50 bits per heavy atom. The maximum absolute atomic E-state index is 11.1. The summed E-state index contributed by atoms with van der Waals surface area (Å²) in [6.45, 7) is 3.27. The van der Waals surface area contributed by atoms with E-state index in [0.717, 1.165) is 19.4 Å². The van der Waals surface area contributed by atoms with Crippen molar-refractivity contribution in [3.05, 3.63) is 0 Å². The quantitative estimate of drug-likeness (QED) is 0.726. The molecule has 2 N–H and O–H groups in total. The summed E-state index contributed by atoms with van der Waals surface area (Å²) >= 11 is 0. The van der Waals surface area contributed by atoms with Crippen LogP contribution < -0.4 is 5.32 Å². The van der Waals surface area contributed by atoms with Gasteiger partial charge in [-0.1, -0.05) is 6.92 Å². The van der Waals surface area contributed by atoms with Gasteiger partial charge in [-0.05, 0) is 25.3 Å². The van der Waals surface area contributed by atoms with Crippen molar-refractivity contribution in [3.8, 4) is 0 Å². The van der Waals surface area contributed by atoms with Gasteiger partial charge >= 0.3 is 5.97 Å². The lowest BCUT2D eigenvalue weighted by Gasteiger charge is -2.37. The average Bonchev–Trinajstić information content (AvgIpc) is 2.25. The van der Waals surface area contributed by atoms with E-state index in [4.69, 9.17) is 5.11 Å². The van der Waals surface area contributed by atoms with E-state index in [0.29, 0.717) is 13.0 Å². The van der Waals surface area contributed by atoms with Gasteiger partial charge in [0.25, 0.3) is 0 Å².